The van der Waals surface area contributed by atoms with Gasteiger partial charge in [-0.25, -0.2) is 0 Å². The predicted octanol–water partition coefficient (Wildman–Crippen LogP) is -0.506. The molecule has 2 aliphatic rings. The van der Waals surface area contributed by atoms with E-state index >= 15 is 0 Å². The van der Waals surface area contributed by atoms with Gasteiger partial charge in [0.05, 0.1) is 5.92 Å². The first-order valence-electron chi connectivity index (χ1n) is 5.50. The van der Waals surface area contributed by atoms with Crippen LogP contribution in [0.1, 0.15) is 19.3 Å². The third kappa shape index (κ3) is 2.47. The van der Waals surface area contributed by atoms with Crippen molar-refractivity contribution in [1.82, 2.24) is 10.2 Å². The quantitative estimate of drug-likeness (QED) is 0.691. The lowest BCUT2D eigenvalue weighted by atomic mass is 9.96. The third-order valence-electron chi connectivity index (χ3n) is 3.25. The van der Waals surface area contributed by atoms with Crippen molar-refractivity contribution in [2.75, 3.05) is 19.6 Å². The molecule has 1 unspecified atom stereocenters. The Morgan fingerprint density at radius 2 is 1.94 bits per heavy atom. The second-order valence-corrected chi connectivity index (χ2v) is 4.30. The van der Waals surface area contributed by atoms with Crippen LogP contribution >= 0.6 is 12.4 Å². The van der Waals surface area contributed by atoms with Crippen molar-refractivity contribution in [1.29, 1.82) is 0 Å². The number of carbonyl (C=O) groups is 2. The van der Waals surface area contributed by atoms with E-state index in [2.05, 4.69) is 5.32 Å². The summed E-state index contributed by atoms with van der Waals surface area (Å²) in [5, 5.41) is 3.06. The summed E-state index contributed by atoms with van der Waals surface area (Å²) in [4.78, 5) is 24.9. The van der Waals surface area contributed by atoms with E-state index in [4.69, 9.17) is 5.73 Å². The van der Waals surface area contributed by atoms with Gasteiger partial charge in [0.15, 0.2) is 0 Å². The molecule has 2 amide bonds. The maximum absolute atomic E-state index is 12.0. The summed E-state index contributed by atoms with van der Waals surface area (Å²) >= 11 is 0. The topological polar surface area (TPSA) is 75.4 Å². The fraction of sp³-hybridized carbons (Fsp3) is 0.800. The lowest BCUT2D eigenvalue weighted by Gasteiger charge is -2.38. The minimum absolute atomic E-state index is 0. The Kier molecular flexibility index (Phi) is 4.56. The van der Waals surface area contributed by atoms with Crippen molar-refractivity contribution in [2.24, 2.45) is 11.7 Å². The van der Waals surface area contributed by atoms with Crippen LogP contribution in [0.5, 0.6) is 0 Å². The molecule has 0 saturated carbocycles. The van der Waals surface area contributed by atoms with E-state index < -0.39 is 0 Å². The first-order valence-corrected chi connectivity index (χ1v) is 5.50. The van der Waals surface area contributed by atoms with Crippen LogP contribution in [0, 0.1) is 5.92 Å². The zero-order valence-corrected chi connectivity index (χ0v) is 9.96. The smallest absolute Gasteiger partial charge is 0.240 e. The Bertz CT molecular complexity index is 281. The number of amides is 2. The van der Waals surface area contributed by atoms with Gasteiger partial charge in [0.1, 0.15) is 6.04 Å². The van der Waals surface area contributed by atoms with Gasteiger partial charge in [-0.3, -0.25) is 9.59 Å². The SMILES string of the molecule is Cl.NC(=O)C1CCCCN1C(=O)C1CNC1. The van der Waals surface area contributed by atoms with E-state index in [0.717, 1.165) is 32.4 Å². The standard InChI is InChI=1S/C10H17N3O2.ClH/c11-9(14)8-3-1-2-4-13(8)10(15)7-5-12-6-7;/h7-8,12H,1-6H2,(H2,11,14);1H. The molecular weight excluding hydrogens is 230 g/mol. The molecule has 16 heavy (non-hydrogen) atoms. The number of hydrogen-bond donors (Lipinski definition) is 2. The third-order valence-corrected chi connectivity index (χ3v) is 3.25. The van der Waals surface area contributed by atoms with Crippen LogP contribution in [0.15, 0.2) is 0 Å². The monoisotopic (exact) mass is 247 g/mol. The van der Waals surface area contributed by atoms with Gasteiger partial charge >= 0.3 is 0 Å². The van der Waals surface area contributed by atoms with Gasteiger partial charge in [0.25, 0.3) is 0 Å². The number of halogens is 1. The summed E-state index contributed by atoms with van der Waals surface area (Å²) in [5.41, 5.74) is 5.31. The molecule has 0 aromatic heterocycles. The molecule has 1 atom stereocenters. The minimum Gasteiger partial charge on any atom is -0.368 e. The highest BCUT2D eigenvalue weighted by Crippen LogP contribution is 2.20. The second-order valence-electron chi connectivity index (χ2n) is 4.30. The molecule has 3 N–H and O–H groups in total. The lowest BCUT2D eigenvalue weighted by Crippen LogP contribution is -2.58. The average molecular weight is 248 g/mol. The van der Waals surface area contributed by atoms with Crippen molar-refractivity contribution < 1.29 is 9.59 Å². The van der Waals surface area contributed by atoms with Gasteiger partial charge in [-0.05, 0) is 19.3 Å². The first-order chi connectivity index (χ1) is 7.20. The summed E-state index contributed by atoms with van der Waals surface area (Å²) in [7, 11) is 0. The number of likely N-dealkylation sites (tertiary alicyclic amines) is 1. The summed E-state index contributed by atoms with van der Waals surface area (Å²) in [5.74, 6) is -0.211. The summed E-state index contributed by atoms with van der Waals surface area (Å²) in [6.07, 6.45) is 2.69. The molecule has 92 valence electrons. The maximum atomic E-state index is 12.0. The molecular formula is C10H18ClN3O2. The predicted molar refractivity (Wildman–Crippen MR) is 62.2 cm³/mol. The number of nitrogens with zero attached hydrogens (tertiary/aromatic N) is 1. The Morgan fingerprint density at radius 3 is 2.44 bits per heavy atom. The molecule has 0 aliphatic carbocycles. The number of primary amides is 1. The Balaban J connectivity index is 0.00000128. The highest BCUT2D eigenvalue weighted by Gasteiger charge is 2.36. The summed E-state index contributed by atoms with van der Waals surface area (Å²) < 4.78 is 0. The van der Waals surface area contributed by atoms with Crippen molar-refractivity contribution in [3.63, 3.8) is 0 Å². The van der Waals surface area contributed by atoms with Gasteiger partial charge in [-0.1, -0.05) is 0 Å². The number of rotatable bonds is 2. The van der Waals surface area contributed by atoms with Crippen LogP contribution in [-0.2, 0) is 9.59 Å². The molecule has 2 aliphatic heterocycles. The highest BCUT2D eigenvalue weighted by molar-refractivity contribution is 5.88. The van der Waals surface area contributed by atoms with E-state index in [-0.39, 0.29) is 36.2 Å². The van der Waals surface area contributed by atoms with Crippen molar-refractivity contribution in [2.45, 2.75) is 25.3 Å². The van der Waals surface area contributed by atoms with Gasteiger partial charge in [-0.15, -0.1) is 12.4 Å². The minimum atomic E-state index is -0.369. The molecule has 0 aromatic rings. The summed E-state index contributed by atoms with van der Waals surface area (Å²) in [6.45, 7) is 2.16. The average Bonchev–Trinajstić information content (AvgIpc) is 2.15. The fourth-order valence-electron chi connectivity index (χ4n) is 2.19. The number of carbonyl (C=O) groups excluding carboxylic acids is 2. The van der Waals surface area contributed by atoms with E-state index in [1.165, 1.54) is 0 Å². The molecule has 0 radical (unpaired) electrons. The number of nitrogens with two attached hydrogens (primary N) is 1. The Labute approximate surface area is 101 Å². The zero-order chi connectivity index (χ0) is 10.8. The van der Waals surface area contributed by atoms with Crippen molar-refractivity contribution >= 4 is 24.2 Å². The molecule has 0 bridgehead atoms. The summed E-state index contributed by atoms with van der Waals surface area (Å²) in [6, 6.07) is -0.369. The van der Waals surface area contributed by atoms with Crippen LogP contribution in [-0.4, -0.2) is 42.4 Å². The first kappa shape index (κ1) is 13.3. The van der Waals surface area contributed by atoms with E-state index in [1.54, 1.807) is 4.90 Å². The molecule has 0 spiro atoms. The van der Waals surface area contributed by atoms with E-state index in [9.17, 15) is 9.59 Å². The number of hydrogen-bond acceptors (Lipinski definition) is 3. The molecule has 2 saturated heterocycles. The van der Waals surface area contributed by atoms with Gasteiger partial charge in [-0.2, -0.15) is 0 Å². The van der Waals surface area contributed by atoms with Crippen LogP contribution in [0.4, 0.5) is 0 Å². The van der Waals surface area contributed by atoms with Crippen LogP contribution in [0.3, 0.4) is 0 Å². The van der Waals surface area contributed by atoms with Gasteiger partial charge in [0.2, 0.25) is 11.8 Å². The Hall–Kier alpha value is -0.810. The fourth-order valence-corrected chi connectivity index (χ4v) is 2.19. The van der Waals surface area contributed by atoms with Gasteiger partial charge < -0.3 is 16.0 Å². The Morgan fingerprint density at radius 1 is 1.25 bits per heavy atom. The maximum Gasteiger partial charge on any atom is 0.240 e. The lowest BCUT2D eigenvalue weighted by molar-refractivity contribution is -0.145. The molecule has 5 nitrogen and oxygen atoms in total. The molecule has 2 rings (SSSR count). The van der Waals surface area contributed by atoms with Gasteiger partial charge in [0, 0.05) is 19.6 Å². The molecule has 0 aromatic carbocycles. The second kappa shape index (κ2) is 5.50. The number of piperidine rings is 1. The molecule has 2 heterocycles. The number of nitrogens with one attached hydrogen (secondary N) is 1. The van der Waals surface area contributed by atoms with E-state index in [1.807, 2.05) is 0 Å². The highest BCUT2D eigenvalue weighted by atomic mass is 35.5. The largest absolute Gasteiger partial charge is 0.368 e. The van der Waals surface area contributed by atoms with Crippen LogP contribution < -0.4 is 11.1 Å². The molecule has 2 fully saturated rings. The van der Waals surface area contributed by atoms with Crippen molar-refractivity contribution in [3.05, 3.63) is 0 Å². The van der Waals surface area contributed by atoms with Crippen LogP contribution in [0.2, 0.25) is 0 Å². The molecule has 6 heteroatoms. The van der Waals surface area contributed by atoms with Crippen molar-refractivity contribution in [3.8, 4) is 0 Å². The van der Waals surface area contributed by atoms with E-state index in [0.29, 0.717) is 6.54 Å². The normalized spacial score (nSPS) is 25.5. The van der Waals surface area contributed by atoms with Crippen LogP contribution in [0.25, 0.3) is 0 Å². The zero-order valence-electron chi connectivity index (χ0n) is 9.15.